The van der Waals surface area contributed by atoms with Crippen molar-refractivity contribution in [2.24, 2.45) is 0 Å². The van der Waals surface area contributed by atoms with Crippen LogP contribution in [-0.2, 0) is 27.1 Å². The Morgan fingerprint density at radius 1 is 0.291 bits per heavy atom. The summed E-state index contributed by atoms with van der Waals surface area (Å²) < 4.78 is 2.40. The molecule has 0 fully saturated rings. The fourth-order valence-electron chi connectivity index (χ4n) is 10.6. The third kappa shape index (κ3) is 11.4. The molecule has 0 radical (unpaired) electrons. The van der Waals surface area contributed by atoms with E-state index in [9.17, 15) is 0 Å². The molecule has 5 heteroatoms. The van der Waals surface area contributed by atoms with Gasteiger partial charge in [-0.15, -0.1) is 11.3 Å². The van der Waals surface area contributed by atoms with Gasteiger partial charge in [0, 0.05) is 49.6 Å². The first-order chi connectivity index (χ1) is 37.2. The van der Waals surface area contributed by atoms with Gasteiger partial charge in [-0.2, -0.15) is 0 Å². The van der Waals surface area contributed by atoms with Crippen molar-refractivity contribution in [3.63, 3.8) is 0 Å². The molecule has 0 atom stereocenters. The van der Waals surface area contributed by atoms with Crippen molar-refractivity contribution in [3.8, 4) is 11.1 Å². The smallest absolute Gasteiger partial charge is 0.0887 e. The van der Waals surface area contributed by atoms with Crippen molar-refractivity contribution in [1.29, 1.82) is 0 Å². The van der Waals surface area contributed by atoms with E-state index in [1.54, 1.807) is 0 Å². The molecule has 3 nitrogen and oxygen atoms in total. The van der Waals surface area contributed by atoms with Crippen LogP contribution in [-0.4, -0.2) is 0 Å². The molecule has 0 spiro atoms. The number of anilines is 9. The Morgan fingerprint density at radius 3 is 1.03 bits per heavy atom. The molecule has 0 aliphatic carbocycles. The summed E-state index contributed by atoms with van der Waals surface area (Å²) in [5.41, 5.74) is 17.5. The Kier molecular flexibility index (Phi) is 14.6. The van der Waals surface area contributed by atoms with Gasteiger partial charge in [-0.25, -0.2) is 0 Å². The lowest BCUT2D eigenvalue weighted by atomic mass is 9.86. The lowest BCUT2D eigenvalue weighted by molar-refractivity contribution is 0.590. The van der Waals surface area contributed by atoms with E-state index in [1.165, 1.54) is 48.0 Å². The van der Waals surface area contributed by atoms with Gasteiger partial charge in [0.15, 0.2) is 0 Å². The second-order valence-corrected chi connectivity index (χ2v) is 28.1. The molecule has 1 heterocycles. The number of hydrogen-bond donors (Lipinski definition) is 0. The fourth-order valence-corrected chi connectivity index (χ4v) is 12.1. The van der Waals surface area contributed by atoms with E-state index in [2.05, 4.69) is 319 Å². The highest BCUT2D eigenvalue weighted by Gasteiger charge is 2.30. The number of rotatable bonds is 10. The molecule has 0 saturated carbocycles. The zero-order chi connectivity index (χ0) is 56.4. The maximum Gasteiger partial charge on any atom is 0.0887 e. The minimum absolute atomic E-state index is 0.00380. The van der Waals surface area contributed by atoms with E-state index in [0.717, 1.165) is 62.3 Å². The normalized spacial score (nSPS) is 12.6. The Hall–Kier alpha value is -7.11. The second-order valence-electron chi connectivity index (χ2n) is 26.6. The zero-order valence-corrected chi connectivity index (χ0v) is 50.8. The predicted molar refractivity (Wildman–Crippen MR) is 347 cm³/mol. The van der Waals surface area contributed by atoms with E-state index < -0.39 is 0 Å². The number of nitrogens with zero attached hydrogens (tertiary/aromatic N) is 3. The van der Waals surface area contributed by atoms with Crippen molar-refractivity contribution in [2.75, 3.05) is 14.7 Å². The number of thiophene rings is 1. The van der Waals surface area contributed by atoms with Crippen LogP contribution >= 0.6 is 22.9 Å². The van der Waals surface area contributed by atoms with E-state index >= 15 is 0 Å². The van der Waals surface area contributed by atoms with Crippen molar-refractivity contribution < 1.29 is 0 Å². The van der Waals surface area contributed by atoms with Gasteiger partial charge in [0.1, 0.15) is 0 Å². The van der Waals surface area contributed by atoms with Crippen molar-refractivity contribution in [1.82, 2.24) is 0 Å². The largest absolute Gasteiger partial charge is 0.310 e. The van der Waals surface area contributed by atoms with Crippen LogP contribution in [0.4, 0.5) is 51.2 Å². The van der Waals surface area contributed by atoms with Crippen LogP contribution in [0.3, 0.4) is 0 Å². The first-order valence-electron chi connectivity index (χ1n) is 28.0. The lowest BCUT2D eigenvalue weighted by Crippen LogP contribution is -2.17. The molecule has 0 amide bonds. The van der Waals surface area contributed by atoms with Crippen molar-refractivity contribution in [3.05, 3.63) is 233 Å². The number of fused-ring (bicyclic) bond motifs is 3. The average Bonchev–Trinajstić information content (AvgIpc) is 4.05. The van der Waals surface area contributed by atoms with Crippen LogP contribution in [0.1, 0.15) is 132 Å². The third-order valence-corrected chi connectivity index (χ3v) is 17.1. The maximum absolute atomic E-state index is 8.41. The summed E-state index contributed by atoms with van der Waals surface area (Å²) in [6.45, 7) is 34.2. The fraction of sp³-hybridized carbons (Fsp3) is 0.270. The topological polar surface area (TPSA) is 9.72 Å². The van der Waals surface area contributed by atoms with Crippen LogP contribution in [0, 0.1) is 0 Å². The van der Waals surface area contributed by atoms with Gasteiger partial charge in [-0.3, -0.25) is 0 Å². The highest BCUT2D eigenvalue weighted by Crippen LogP contribution is 2.54. The van der Waals surface area contributed by atoms with E-state index in [0.29, 0.717) is 5.02 Å². The molecular weight excluding hydrogens is 998 g/mol. The number of halogens is 1. The summed E-state index contributed by atoms with van der Waals surface area (Å²) >= 11 is 10.2. The average molecular weight is 1080 g/mol. The molecule has 0 N–H and O–H groups in total. The second kappa shape index (κ2) is 20.8. The summed E-state index contributed by atoms with van der Waals surface area (Å²) in [5, 5.41) is 3.03. The van der Waals surface area contributed by atoms with Crippen molar-refractivity contribution in [2.45, 2.75) is 131 Å². The molecule has 9 aromatic carbocycles. The molecule has 0 aliphatic heterocycles. The van der Waals surface area contributed by atoms with Gasteiger partial charge >= 0.3 is 0 Å². The van der Waals surface area contributed by atoms with Gasteiger partial charge in [0.2, 0.25) is 0 Å². The minimum Gasteiger partial charge on any atom is -0.310 e. The van der Waals surface area contributed by atoms with E-state index in [-0.39, 0.29) is 27.1 Å². The lowest BCUT2D eigenvalue weighted by Gasteiger charge is -2.34. The first kappa shape index (κ1) is 55.2. The molecule has 10 aromatic rings. The Bertz CT molecular complexity index is 3650. The summed E-state index contributed by atoms with van der Waals surface area (Å²) in [5.74, 6) is 0. The highest BCUT2D eigenvalue weighted by molar-refractivity contribution is 7.26. The highest BCUT2D eigenvalue weighted by atomic mass is 35.5. The molecule has 1 aromatic heterocycles. The number of hydrogen-bond acceptors (Lipinski definition) is 4. The van der Waals surface area contributed by atoms with Gasteiger partial charge in [-0.05, 0) is 157 Å². The van der Waals surface area contributed by atoms with Gasteiger partial charge in [-0.1, -0.05) is 225 Å². The molecule has 0 aliphatic rings. The quantitative estimate of drug-likeness (QED) is 0.135. The van der Waals surface area contributed by atoms with Gasteiger partial charge in [0.05, 0.1) is 26.8 Å². The van der Waals surface area contributed by atoms with E-state index in [4.69, 9.17) is 11.6 Å². The Balaban J connectivity index is 1.31. The predicted octanol–water partition coefficient (Wildman–Crippen LogP) is 23.3. The molecule has 79 heavy (non-hydrogen) atoms. The molecular formula is C74H78ClN3S. The Labute approximate surface area is 481 Å². The maximum atomic E-state index is 8.41. The molecule has 0 bridgehead atoms. The van der Waals surface area contributed by atoms with E-state index in [1.807, 2.05) is 11.3 Å². The van der Waals surface area contributed by atoms with Crippen LogP contribution in [0.2, 0.25) is 5.02 Å². The van der Waals surface area contributed by atoms with Crippen LogP contribution < -0.4 is 14.7 Å². The first-order valence-corrected chi connectivity index (χ1v) is 29.2. The summed E-state index contributed by atoms with van der Waals surface area (Å²) in [6.07, 6.45) is 0. The van der Waals surface area contributed by atoms with Gasteiger partial charge < -0.3 is 14.7 Å². The number of benzene rings is 9. The standard InChI is InChI=1S/C74H78ClN3S/c1-70(2,3)51-25-35-56(36-26-51)76(57-37-27-52(28-38-57)71(4,5)6)61-47-63-62-23-19-20-24-67(62)79-69(63)66(48-61)78(60-43-33-55(34-44-60)74(13,14)15)65-46-50(49-21-17-16-18-22-49)45-64(68(65)75)77(58-39-29-53(30-40-58)72(7,8)9)59-41-31-54(32-42-59)73(10,11)12/h16-48H,1-15H3. The van der Waals surface area contributed by atoms with Crippen LogP contribution in [0.25, 0.3) is 31.3 Å². The molecule has 0 unspecified atom stereocenters. The van der Waals surface area contributed by atoms with Crippen molar-refractivity contribution >= 4 is 94.3 Å². The van der Waals surface area contributed by atoms with Crippen LogP contribution in [0.15, 0.2) is 200 Å². The Morgan fingerprint density at radius 2 is 0.633 bits per heavy atom. The summed E-state index contributed by atoms with van der Waals surface area (Å²) in [7, 11) is 0. The molecule has 0 saturated heterocycles. The zero-order valence-electron chi connectivity index (χ0n) is 49.2. The summed E-state index contributed by atoms with van der Waals surface area (Å²) in [6, 6.07) is 74.7. The monoisotopic (exact) mass is 1080 g/mol. The van der Waals surface area contributed by atoms with Crippen LogP contribution in [0.5, 0.6) is 0 Å². The molecule has 402 valence electrons. The molecule has 10 rings (SSSR count). The summed E-state index contributed by atoms with van der Waals surface area (Å²) in [4.78, 5) is 7.24. The third-order valence-electron chi connectivity index (χ3n) is 15.5. The van der Waals surface area contributed by atoms with Gasteiger partial charge in [0.25, 0.3) is 0 Å². The SMILES string of the molecule is CC(C)(C)c1ccc(N(c2ccc(C(C)(C)C)cc2)c2cc(N(c3ccc(C(C)(C)C)cc3)c3cc(-c4ccccc4)cc(N(c4ccc(C(C)(C)C)cc4)c4ccc(C(C)(C)C)cc4)c3Cl)c3sc4ccccc4c3c2)cc1. The minimum atomic E-state index is -0.0583.